The molecule has 2 unspecified atom stereocenters. The summed E-state index contributed by atoms with van der Waals surface area (Å²) in [4.78, 5) is 14.8. The number of hydrogen-bond donors (Lipinski definition) is 2. The van der Waals surface area contributed by atoms with Gasteiger partial charge >= 0.3 is 0 Å². The number of aryl methyl sites for hydroxylation is 1. The molecule has 0 bridgehead atoms. The second kappa shape index (κ2) is 8.25. The first-order valence-corrected chi connectivity index (χ1v) is 9.90. The third-order valence-corrected chi connectivity index (χ3v) is 5.62. The fourth-order valence-corrected chi connectivity index (χ4v) is 3.95. The van der Waals surface area contributed by atoms with Crippen molar-refractivity contribution in [3.8, 4) is 0 Å². The summed E-state index contributed by atoms with van der Waals surface area (Å²) in [5.41, 5.74) is 11.0. The molecule has 2 saturated heterocycles. The van der Waals surface area contributed by atoms with Crippen LogP contribution in [0.25, 0.3) is 6.08 Å². The van der Waals surface area contributed by atoms with E-state index in [1.54, 1.807) is 12.1 Å². The summed E-state index contributed by atoms with van der Waals surface area (Å²) in [5.74, 6) is -0.0585. The summed E-state index contributed by atoms with van der Waals surface area (Å²) in [5, 5.41) is 0. The highest BCUT2D eigenvalue weighted by Gasteiger charge is 2.33. The second-order valence-corrected chi connectivity index (χ2v) is 7.72. The number of hydrogen-bond acceptors (Lipinski definition) is 3. The lowest BCUT2D eigenvalue weighted by Crippen LogP contribution is -2.47. The van der Waals surface area contributed by atoms with Crippen molar-refractivity contribution in [1.82, 2.24) is 15.8 Å². The van der Waals surface area contributed by atoms with Crippen LogP contribution in [0.4, 0.5) is 4.39 Å². The van der Waals surface area contributed by atoms with Gasteiger partial charge in [-0.15, -0.1) is 0 Å². The Morgan fingerprint density at radius 2 is 1.86 bits per heavy atom. The molecule has 2 aliphatic heterocycles. The molecule has 2 N–H and O–H groups in total. The molecule has 0 spiro atoms. The Kier molecular flexibility index (Phi) is 5.55. The highest BCUT2D eigenvalue weighted by atomic mass is 19.1. The SMILES string of the molecule is Cc1ccc(C2CC(C(=O)N3CCC(=Cc4cccc(F)c4)CC3)NN2)cc1. The Labute approximate surface area is 165 Å². The van der Waals surface area contributed by atoms with Gasteiger partial charge in [0.05, 0.1) is 0 Å². The van der Waals surface area contributed by atoms with E-state index in [1.807, 2.05) is 17.0 Å². The molecule has 0 radical (unpaired) electrons. The quantitative estimate of drug-likeness (QED) is 0.854. The summed E-state index contributed by atoms with van der Waals surface area (Å²) < 4.78 is 13.3. The number of amides is 1. The summed E-state index contributed by atoms with van der Waals surface area (Å²) in [6.07, 6.45) is 4.48. The van der Waals surface area contributed by atoms with Gasteiger partial charge in [-0.1, -0.05) is 53.6 Å². The minimum atomic E-state index is -0.218. The number of hydrazine groups is 1. The van der Waals surface area contributed by atoms with Gasteiger partial charge in [0, 0.05) is 19.1 Å². The molecule has 1 amide bonds. The highest BCUT2D eigenvalue weighted by molar-refractivity contribution is 5.82. The van der Waals surface area contributed by atoms with Gasteiger partial charge in [-0.05, 0) is 49.4 Å². The number of likely N-dealkylation sites (tertiary alicyclic amines) is 1. The van der Waals surface area contributed by atoms with Gasteiger partial charge in [0.25, 0.3) is 0 Å². The standard InChI is InChI=1S/C23H26FN3O/c1-16-5-7-19(8-6-16)21-15-22(26-25-21)23(28)27-11-9-17(10-12-27)13-18-3-2-4-20(24)14-18/h2-8,13-14,21-22,25-26H,9-12,15H2,1H3. The predicted molar refractivity (Wildman–Crippen MR) is 109 cm³/mol. The molecule has 0 saturated carbocycles. The lowest BCUT2D eigenvalue weighted by Gasteiger charge is -2.30. The van der Waals surface area contributed by atoms with E-state index in [-0.39, 0.29) is 23.8 Å². The number of nitrogens with one attached hydrogen (secondary N) is 2. The number of carbonyl (C=O) groups is 1. The van der Waals surface area contributed by atoms with Gasteiger partial charge in [-0.2, -0.15) is 0 Å². The monoisotopic (exact) mass is 379 g/mol. The molecular formula is C23H26FN3O. The average molecular weight is 379 g/mol. The molecule has 2 aromatic rings. The van der Waals surface area contributed by atoms with E-state index in [2.05, 4.69) is 42.0 Å². The minimum absolute atomic E-state index is 0.155. The summed E-state index contributed by atoms with van der Waals surface area (Å²) >= 11 is 0. The van der Waals surface area contributed by atoms with Gasteiger partial charge in [0.2, 0.25) is 5.91 Å². The molecule has 2 heterocycles. The van der Waals surface area contributed by atoms with Crippen molar-refractivity contribution in [2.45, 2.75) is 38.3 Å². The van der Waals surface area contributed by atoms with Crippen LogP contribution in [0.15, 0.2) is 54.1 Å². The molecule has 5 heteroatoms. The average Bonchev–Trinajstić information content (AvgIpc) is 3.19. The zero-order valence-corrected chi connectivity index (χ0v) is 16.1. The fourth-order valence-electron chi connectivity index (χ4n) is 3.95. The number of piperidine rings is 1. The summed E-state index contributed by atoms with van der Waals surface area (Å²) in [6, 6.07) is 15.0. The van der Waals surface area contributed by atoms with E-state index in [0.717, 1.165) is 24.8 Å². The van der Waals surface area contributed by atoms with Crippen LogP contribution in [0.1, 0.15) is 42.0 Å². The first kappa shape index (κ1) is 18.8. The molecule has 146 valence electrons. The normalized spacial score (nSPS) is 22.4. The number of nitrogens with zero attached hydrogens (tertiary/aromatic N) is 1. The van der Waals surface area contributed by atoms with E-state index >= 15 is 0 Å². The third-order valence-electron chi connectivity index (χ3n) is 5.62. The van der Waals surface area contributed by atoms with Gasteiger partial charge in [0.15, 0.2) is 0 Å². The Hall–Kier alpha value is -2.50. The molecule has 4 nitrogen and oxygen atoms in total. The Morgan fingerprint density at radius 3 is 2.57 bits per heavy atom. The fraction of sp³-hybridized carbons (Fsp3) is 0.348. The maximum absolute atomic E-state index is 13.3. The number of carbonyl (C=O) groups excluding carboxylic acids is 1. The maximum atomic E-state index is 13.3. The van der Waals surface area contributed by atoms with Crippen LogP contribution in [-0.2, 0) is 4.79 Å². The van der Waals surface area contributed by atoms with Crippen molar-refractivity contribution in [3.63, 3.8) is 0 Å². The van der Waals surface area contributed by atoms with E-state index < -0.39 is 0 Å². The van der Waals surface area contributed by atoms with Crippen molar-refractivity contribution >= 4 is 12.0 Å². The Balaban J connectivity index is 1.32. The van der Waals surface area contributed by atoms with E-state index in [4.69, 9.17) is 0 Å². The maximum Gasteiger partial charge on any atom is 0.241 e. The largest absolute Gasteiger partial charge is 0.341 e. The van der Waals surface area contributed by atoms with Gasteiger partial charge in [-0.25, -0.2) is 15.2 Å². The van der Waals surface area contributed by atoms with E-state index in [9.17, 15) is 9.18 Å². The Morgan fingerprint density at radius 1 is 1.11 bits per heavy atom. The molecule has 0 aromatic heterocycles. The summed E-state index contributed by atoms with van der Waals surface area (Å²) in [6.45, 7) is 3.50. The van der Waals surface area contributed by atoms with Crippen LogP contribution >= 0.6 is 0 Å². The number of benzene rings is 2. The van der Waals surface area contributed by atoms with Crippen LogP contribution in [0.5, 0.6) is 0 Å². The van der Waals surface area contributed by atoms with Crippen LogP contribution in [0.2, 0.25) is 0 Å². The van der Waals surface area contributed by atoms with Crippen LogP contribution in [0.3, 0.4) is 0 Å². The van der Waals surface area contributed by atoms with Gasteiger partial charge < -0.3 is 4.90 Å². The van der Waals surface area contributed by atoms with Gasteiger partial charge in [-0.3, -0.25) is 4.79 Å². The Bertz CT molecular complexity index is 868. The van der Waals surface area contributed by atoms with Crippen molar-refractivity contribution in [1.29, 1.82) is 0 Å². The molecular weight excluding hydrogens is 353 g/mol. The molecule has 4 rings (SSSR count). The lowest BCUT2D eigenvalue weighted by molar-refractivity contribution is -0.133. The van der Waals surface area contributed by atoms with Crippen LogP contribution < -0.4 is 10.9 Å². The van der Waals surface area contributed by atoms with E-state index in [1.165, 1.54) is 22.8 Å². The smallest absolute Gasteiger partial charge is 0.241 e. The van der Waals surface area contributed by atoms with Crippen molar-refractivity contribution in [2.75, 3.05) is 13.1 Å². The highest BCUT2D eigenvalue weighted by Crippen LogP contribution is 2.25. The zero-order chi connectivity index (χ0) is 19.5. The molecule has 2 fully saturated rings. The molecule has 2 aromatic carbocycles. The first-order valence-electron chi connectivity index (χ1n) is 9.90. The molecule has 2 atom stereocenters. The molecule has 0 aliphatic carbocycles. The number of rotatable bonds is 3. The third kappa shape index (κ3) is 4.32. The van der Waals surface area contributed by atoms with Crippen molar-refractivity contribution < 1.29 is 9.18 Å². The minimum Gasteiger partial charge on any atom is -0.341 e. The van der Waals surface area contributed by atoms with Crippen molar-refractivity contribution in [3.05, 3.63) is 76.6 Å². The lowest BCUT2D eigenvalue weighted by atomic mass is 9.98. The van der Waals surface area contributed by atoms with Crippen LogP contribution in [0, 0.1) is 12.7 Å². The molecule has 2 aliphatic rings. The second-order valence-electron chi connectivity index (χ2n) is 7.72. The summed E-state index contributed by atoms with van der Waals surface area (Å²) in [7, 11) is 0. The predicted octanol–water partition coefficient (Wildman–Crippen LogP) is 3.75. The number of halogens is 1. The topological polar surface area (TPSA) is 44.4 Å². The zero-order valence-electron chi connectivity index (χ0n) is 16.1. The molecule has 28 heavy (non-hydrogen) atoms. The van der Waals surface area contributed by atoms with Crippen molar-refractivity contribution in [2.24, 2.45) is 0 Å². The van der Waals surface area contributed by atoms with E-state index in [0.29, 0.717) is 13.1 Å². The first-order chi connectivity index (χ1) is 13.6. The van der Waals surface area contributed by atoms with Crippen LogP contribution in [-0.4, -0.2) is 29.9 Å². The van der Waals surface area contributed by atoms with Gasteiger partial charge in [0.1, 0.15) is 11.9 Å².